The van der Waals surface area contributed by atoms with E-state index in [0.717, 1.165) is 51.4 Å². The van der Waals surface area contributed by atoms with Crippen LogP contribution in [0.25, 0.3) is 0 Å². The van der Waals surface area contributed by atoms with Crippen molar-refractivity contribution in [1.29, 1.82) is 0 Å². The van der Waals surface area contributed by atoms with E-state index in [4.69, 9.17) is 4.74 Å². The minimum atomic E-state index is -0.841. The van der Waals surface area contributed by atoms with E-state index >= 15 is 0 Å². The molecule has 0 rings (SSSR count). The summed E-state index contributed by atoms with van der Waals surface area (Å²) in [4.78, 5) is 24.5. The van der Waals surface area contributed by atoms with Crippen molar-refractivity contribution in [1.82, 2.24) is 5.32 Å². The molecule has 0 aliphatic carbocycles. The molecule has 0 aromatic rings. The van der Waals surface area contributed by atoms with E-state index in [1.165, 1.54) is 295 Å². The highest BCUT2D eigenvalue weighted by Crippen LogP contribution is 2.18. The Balaban J connectivity index is 3.35. The fourth-order valence-electron chi connectivity index (χ4n) is 10.7. The van der Waals surface area contributed by atoms with Crippen molar-refractivity contribution in [2.45, 2.75) is 386 Å². The van der Waals surface area contributed by atoms with Gasteiger partial charge < -0.3 is 20.3 Å². The van der Waals surface area contributed by atoms with Gasteiger partial charge in [-0.25, -0.2) is 0 Å². The highest BCUT2D eigenvalue weighted by Gasteiger charge is 2.18. The largest absolute Gasteiger partial charge is 0.466 e. The van der Waals surface area contributed by atoms with E-state index in [9.17, 15) is 19.8 Å². The van der Waals surface area contributed by atoms with Crippen LogP contribution in [-0.4, -0.2) is 47.4 Å². The lowest BCUT2D eigenvalue weighted by Gasteiger charge is -2.20. The summed E-state index contributed by atoms with van der Waals surface area (Å²) in [6, 6.07) is -0.625. The van der Waals surface area contributed by atoms with Gasteiger partial charge in [-0.1, -0.05) is 333 Å². The second-order valence-corrected chi connectivity index (χ2v) is 23.5. The summed E-state index contributed by atoms with van der Waals surface area (Å²) in [6.45, 7) is 4.90. The van der Waals surface area contributed by atoms with Gasteiger partial charge in [-0.3, -0.25) is 9.59 Å². The predicted molar refractivity (Wildman–Crippen MR) is 333 cm³/mol. The van der Waals surface area contributed by atoms with Gasteiger partial charge in [0.05, 0.1) is 25.4 Å². The molecule has 2 atom stereocenters. The number of esters is 1. The molecule has 6 nitrogen and oxygen atoms in total. The van der Waals surface area contributed by atoms with Crippen LogP contribution in [0.5, 0.6) is 0 Å². The van der Waals surface area contributed by atoms with Crippen molar-refractivity contribution in [3.8, 4) is 0 Å². The van der Waals surface area contributed by atoms with Gasteiger partial charge in [0.2, 0.25) is 5.91 Å². The number of allylic oxidation sites excluding steroid dienone is 5. The smallest absolute Gasteiger partial charge is 0.305 e. The molecular weight excluding hydrogens is 935 g/mol. The third-order valence-corrected chi connectivity index (χ3v) is 15.9. The lowest BCUT2D eigenvalue weighted by Crippen LogP contribution is -2.45. The van der Waals surface area contributed by atoms with Crippen LogP contribution < -0.4 is 5.32 Å². The molecule has 76 heavy (non-hydrogen) atoms. The van der Waals surface area contributed by atoms with Crippen molar-refractivity contribution in [2.24, 2.45) is 0 Å². The van der Waals surface area contributed by atoms with Crippen molar-refractivity contribution >= 4 is 11.9 Å². The maximum absolute atomic E-state index is 12.5. The molecule has 448 valence electrons. The number of hydrogen-bond acceptors (Lipinski definition) is 5. The van der Waals surface area contributed by atoms with Gasteiger partial charge in [0, 0.05) is 12.8 Å². The molecule has 0 aromatic carbocycles. The molecule has 0 aliphatic heterocycles. The Labute approximate surface area is 474 Å². The molecule has 0 saturated heterocycles. The molecule has 0 fully saturated rings. The minimum absolute atomic E-state index is 0.00587. The summed E-state index contributed by atoms with van der Waals surface area (Å²) in [7, 11) is 0. The van der Waals surface area contributed by atoms with E-state index in [1.54, 1.807) is 6.08 Å². The van der Waals surface area contributed by atoms with Crippen LogP contribution in [0.1, 0.15) is 373 Å². The summed E-state index contributed by atoms with van der Waals surface area (Å²) >= 11 is 0. The number of aliphatic hydroxyl groups is 2. The first-order chi connectivity index (χ1) is 37.5. The number of unbranched alkanes of at least 4 members (excludes halogenated alkanes) is 49. The quantitative estimate of drug-likeness (QED) is 0.0320. The molecule has 0 heterocycles. The number of aliphatic hydroxyl groups excluding tert-OH is 2. The third-order valence-electron chi connectivity index (χ3n) is 15.9. The van der Waals surface area contributed by atoms with Gasteiger partial charge >= 0.3 is 5.97 Å². The summed E-state index contributed by atoms with van der Waals surface area (Å²) < 4.78 is 5.49. The summed E-state index contributed by atoms with van der Waals surface area (Å²) in [5, 5.41) is 23.1. The summed E-state index contributed by atoms with van der Waals surface area (Å²) in [6.07, 6.45) is 83.6. The fraction of sp³-hybridized carbons (Fsp3) is 0.886. The van der Waals surface area contributed by atoms with Gasteiger partial charge in [-0.2, -0.15) is 0 Å². The second-order valence-electron chi connectivity index (χ2n) is 23.5. The molecule has 0 aliphatic rings. The fourth-order valence-corrected chi connectivity index (χ4v) is 10.7. The molecular formula is C70H133NO5. The number of ether oxygens (including phenoxy) is 1. The maximum atomic E-state index is 12.5. The first-order valence-corrected chi connectivity index (χ1v) is 34.3. The molecule has 6 heteroatoms. The number of carbonyl (C=O) groups is 2. The van der Waals surface area contributed by atoms with E-state index in [1.807, 2.05) is 6.08 Å². The Kier molecular flexibility index (Phi) is 63.9. The average Bonchev–Trinajstić information content (AvgIpc) is 3.42. The molecule has 0 aromatic heterocycles. The van der Waals surface area contributed by atoms with Gasteiger partial charge in [0.25, 0.3) is 0 Å². The van der Waals surface area contributed by atoms with Gasteiger partial charge in [-0.15, -0.1) is 0 Å². The SMILES string of the molecule is CCCCCC/C=C\C/C=C\CCCCCCCC(=O)OCCCCCCCCCCCCCCCCCCCCCCCCCCCCCCCC(=O)NC(CO)C(O)/C=C/CCCCCCCCCCCCCC. The number of rotatable bonds is 64. The van der Waals surface area contributed by atoms with Gasteiger partial charge in [0.1, 0.15) is 0 Å². The molecule has 0 bridgehead atoms. The van der Waals surface area contributed by atoms with Crippen LogP contribution in [0.4, 0.5) is 0 Å². The highest BCUT2D eigenvalue weighted by atomic mass is 16.5. The zero-order chi connectivity index (χ0) is 55.0. The van der Waals surface area contributed by atoms with E-state index in [-0.39, 0.29) is 18.5 Å². The van der Waals surface area contributed by atoms with Gasteiger partial charge in [-0.05, 0) is 64.2 Å². The Morgan fingerprint density at radius 1 is 0.368 bits per heavy atom. The van der Waals surface area contributed by atoms with Gasteiger partial charge in [0.15, 0.2) is 0 Å². The standard InChI is InChI=1S/C70H133NO5/c1-3-5-7-9-11-13-15-17-19-36-40-44-48-52-56-60-64-70(75)76-65-61-57-53-49-45-41-37-34-32-30-28-26-24-22-20-21-23-25-27-29-31-33-35-39-43-47-51-55-59-63-69(74)71-67(66-72)68(73)62-58-54-50-46-42-38-18-16-14-12-10-8-6-4-2/h13,15,19,36,58,62,67-68,72-73H,3-12,14,16-18,20-35,37-57,59-61,63-66H2,1-2H3,(H,71,74)/b15-13-,36-19-,62-58+. The van der Waals surface area contributed by atoms with Crippen LogP contribution >= 0.6 is 0 Å². The molecule has 0 radical (unpaired) electrons. The van der Waals surface area contributed by atoms with Crippen LogP contribution in [0.15, 0.2) is 36.5 Å². The first kappa shape index (κ1) is 74.1. The maximum Gasteiger partial charge on any atom is 0.305 e. The van der Waals surface area contributed by atoms with E-state index in [0.29, 0.717) is 19.4 Å². The van der Waals surface area contributed by atoms with Crippen molar-refractivity contribution in [3.63, 3.8) is 0 Å². The molecule has 1 amide bonds. The minimum Gasteiger partial charge on any atom is -0.466 e. The molecule has 0 saturated carbocycles. The van der Waals surface area contributed by atoms with E-state index < -0.39 is 12.1 Å². The van der Waals surface area contributed by atoms with Crippen molar-refractivity contribution < 1.29 is 24.5 Å². The lowest BCUT2D eigenvalue weighted by atomic mass is 10.0. The average molecular weight is 1070 g/mol. The molecule has 3 N–H and O–H groups in total. The topological polar surface area (TPSA) is 95.9 Å². The van der Waals surface area contributed by atoms with Crippen LogP contribution in [0.2, 0.25) is 0 Å². The second kappa shape index (κ2) is 65.6. The van der Waals surface area contributed by atoms with Crippen molar-refractivity contribution in [2.75, 3.05) is 13.2 Å². The van der Waals surface area contributed by atoms with Crippen LogP contribution in [-0.2, 0) is 14.3 Å². The van der Waals surface area contributed by atoms with Crippen LogP contribution in [0, 0.1) is 0 Å². The number of amides is 1. The normalized spacial score (nSPS) is 12.7. The Morgan fingerprint density at radius 3 is 1.01 bits per heavy atom. The number of nitrogens with one attached hydrogen (secondary N) is 1. The first-order valence-electron chi connectivity index (χ1n) is 34.3. The Bertz CT molecular complexity index is 1230. The highest BCUT2D eigenvalue weighted by molar-refractivity contribution is 5.76. The Morgan fingerprint density at radius 2 is 0.658 bits per heavy atom. The monoisotopic (exact) mass is 1070 g/mol. The number of carbonyl (C=O) groups excluding carboxylic acids is 2. The molecule has 0 spiro atoms. The van der Waals surface area contributed by atoms with E-state index in [2.05, 4.69) is 43.5 Å². The summed E-state index contributed by atoms with van der Waals surface area (Å²) in [5.41, 5.74) is 0. The third kappa shape index (κ3) is 61.3. The number of hydrogen-bond donors (Lipinski definition) is 3. The zero-order valence-electron chi connectivity index (χ0n) is 51.3. The predicted octanol–water partition coefficient (Wildman–Crippen LogP) is 21.9. The molecule has 2 unspecified atom stereocenters. The Hall–Kier alpha value is -1.92. The summed E-state index contributed by atoms with van der Waals surface area (Å²) in [5.74, 6) is -0.0571. The van der Waals surface area contributed by atoms with Crippen LogP contribution in [0.3, 0.4) is 0 Å². The zero-order valence-corrected chi connectivity index (χ0v) is 51.3. The van der Waals surface area contributed by atoms with Crippen molar-refractivity contribution in [3.05, 3.63) is 36.5 Å². The lowest BCUT2D eigenvalue weighted by molar-refractivity contribution is -0.143.